The highest BCUT2D eigenvalue weighted by Gasteiger charge is 2.05. The van der Waals surface area contributed by atoms with Crippen molar-refractivity contribution < 1.29 is 9.53 Å². The zero-order valence-corrected chi connectivity index (χ0v) is 11.7. The molecule has 2 nitrogen and oxygen atoms in total. The fourth-order valence-electron chi connectivity index (χ4n) is 1.44. The highest BCUT2D eigenvalue weighted by Crippen LogP contribution is 2.28. The van der Waals surface area contributed by atoms with Gasteiger partial charge in [-0.3, -0.25) is 4.79 Å². The lowest BCUT2D eigenvalue weighted by Crippen LogP contribution is -1.99. The third-order valence-corrected chi connectivity index (χ3v) is 3.18. The average Bonchev–Trinajstić information content (AvgIpc) is 2.41. The van der Waals surface area contributed by atoms with Gasteiger partial charge in [-0.1, -0.05) is 39.7 Å². The van der Waals surface area contributed by atoms with Crippen LogP contribution in [0.2, 0.25) is 5.02 Å². The van der Waals surface area contributed by atoms with Crippen molar-refractivity contribution in [1.82, 2.24) is 0 Å². The van der Waals surface area contributed by atoms with Gasteiger partial charge in [0.25, 0.3) is 0 Å². The van der Waals surface area contributed by atoms with Crippen LogP contribution in [-0.2, 0) is 0 Å². The summed E-state index contributed by atoms with van der Waals surface area (Å²) in [4.78, 5) is 11.4. The molecule has 92 valence electrons. The third-order valence-electron chi connectivity index (χ3n) is 2.36. The first kappa shape index (κ1) is 13.1. The zero-order chi connectivity index (χ0) is 13.0. The number of halogens is 2. The molecule has 0 spiro atoms. The van der Waals surface area contributed by atoms with Crippen molar-refractivity contribution in [1.29, 1.82) is 0 Å². The Bertz CT molecular complexity index is 552. The minimum absolute atomic E-state index is 0.0410. The number of para-hydroxylation sites is 1. The monoisotopic (exact) mass is 324 g/mol. The summed E-state index contributed by atoms with van der Waals surface area (Å²) in [7, 11) is 0. The molecule has 0 N–H and O–H groups in total. The van der Waals surface area contributed by atoms with Gasteiger partial charge in [-0.2, -0.15) is 0 Å². The van der Waals surface area contributed by atoms with E-state index in [2.05, 4.69) is 15.9 Å². The summed E-state index contributed by atoms with van der Waals surface area (Å²) in [6, 6.07) is 14.2. The maximum Gasteiger partial charge on any atom is 0.173 e. The Morgan fingerprint density at radius 1 is 1.11 bits per heavy atom. The Kier molecular flexibility index (Phi) is 4.39. The predicted octanol–water partition coefficient (Wildman–Crippen LogP) is 4.71. The van der Waals surface area contributed by atoms with Crippen LogP contribution in [0.15, 0.2) is 48.5 Å². The summed E-state index contributed by atoms with van der Waals surface area (Å²) in [6.07, 6.45) is 0. The third kappa shape index (κ3) is 3.12. The van der Waals surface area contributed by atoms with Gasteiger partial charge in [-0.15, -0.1) is 0 Å². The molecule has 2 aromatic carbocycles. The first-order valence-corrected chi connectivity index (χ1v) is 6.82. The molecule has 0 atom stereocenters. The van der Waals surface area contributed by atoms with Crippen LogP contribution in [0.5, 0.6) is 11.5 Å². The van der Waals surface area contributed by atoms with Crippen LogP contribution in [-0.4, -0.2) is 11.1 Å². The second kappa shape index (κ2) is 6.03. The Morgan fingerprint density at radius 2 is 1.78 bits per heavy atom. The van der Waals surface area contributed by atoms with Gasteiger partial charge in [0.2, 0.25) is 0 Å². The summed E-state index contributed by atoms with van der Waals surface area (Å²) >= 11 is 9.13. The van der Waals surface area contributed by atoms with Crippen molar-refractivity contribution in [2.75, 3.05) is 5.33 Å². The normalized spacial score (nSPS) is 10.1. The number of rotatable bonds is 4. The van der Waals surface area contributed by atoms with E-state index in [0.29, 0.717) is 27.4 Å². The molecule has 0 saturated heterocycles. The van der Waals surface area contributed by atoms with Crippen LogP contribution in [0.25, 0.3) is 0 Å². The van der Waals surface area contributed by atoms with E-state index in [9.17, 15) is 4.79 Å². The Labute approximate surface area is 119 Å². The molecular formula is C14H10BrClO2. The molecule has 0 aliphatic carbocycles. The molecule has 0 heterocycles. The van der Waals surface area contributed by atoms with Crippen molar-refractivity contribution in [3.05, 3.63) is 59.1 Å². The van der Waals surface area contributed by atoms with E-state index in [0.717, 1.165) is 0 Å². The lowest BCUT2D eigenvalue weighted by molar-refractivity contribution is 0.102. The number of alkyl halides is 1. The molecular weight excluding hydrogens is 316 g/mol. The number of hydrogen-bond acceptors (Lipinski definition) is 2. The lowest BCUT2D eigenvalue weighted by atomic mass is 10.1. The van der Waals surface area contributed by atoms with E-state index in [-0.39, 0.29) is 5.78 Å². The number of ether oxygens (including phenoxy) is 1. The van der Waals surface area contributed by atoms with Crippen LogP contribution in [0, 0.1) is 0 Å². The molecule has 4 heteroatoms. The second-order valence-corrected chi connectivity index (χ2v) is 4.58. The average molecular weight is 326 g/mol. The van der Waals surface area contributed by atoms with Crippen LogP contribution >= 0.6 is 27.5 Å². The van der Waals surface area contributed by atoms with Gasteiger partial charge < -0.3 is 4.74 Å². The number of ketones is 1. The van der Waals surface area contributed by atoms with E-state index in [4.69, 9.17) is 16.3 Å². The topological polar surface area (TPSA) is 26.3 Å². The number of hydrogen-bond donors (Lipinski definition) is 0. The van der Waals surface area contributed by atoms with E-state index in [1.165, 1.54) is 0 Å². The summed E-state index contributed by atoms with van der Waals surface area (Å²) in [5.74, 6) is 1.28. The van der Waals surface area contributed by atoms with Crippen LogP contribution in [0.4, 0.5) is 0 Å². The molecule has 0 unspecified atom stereocenters. The number of Topliss-reactive ketones (excluding diaryl/α,β-unsaturated/α-hetero) is 1. The predicted molar refractivity (Wildman–Crippen MR) is 76.1 cm³/mol. The fourth-order valence-corrected chi connectivity index (χ4v) is 1.94. The molecule has 0 saturated carbocycles. The van der Waals surface area contributed by atoms with E-state index >= 15 is 0 Å². The Hall–Kier alpha value is -1.32. The van der Waals surface area contributed by atoms with Crippen LogP contribution in [0.1, 0.15) is 10.4 Å². The van der Waals surface area contributed by atoms with Gasteiger partial charge >= 0.3 is 0 Å². The standard InChI is InChI=1S/C14H10BrClO2/c15-9-13(17)10-5-7-11(8-6-10)18-14-4-2-1-3-12(14)16/h1-8H,9H2. The summed E-state index contributed by atoms with van der Waals surface area (Å²) in [5, 5.41) is 0.871. The fraction of sp³-hybridized carbons (Fsp3) is 0.0714. The number of carbonyl (C=O) groups is 1. The smallest absolute Gasteiger partial charge is 0.173 e. The number of carbonyl (C=O) groups excluding carboxylic acids is 1. The quantitative estimate of drug-likeness (QED) is 0.601. The van der Waals surface area contributed by atoms with Crippen molar-refractivity contribution in [3.63, 3.8) is 0 Å². The molecule has 0 radical (unpaired) electrons. The minimum Gasteiger partial charge on any atom is -0.456 e. The molecule has 0 fully saturated rings. The van der Waals surface area contributed by atoms with Crippen molar-refractivity contribution in [2.45, 2.75) is 0 Å². The summed E-state index contributed by atoms with van der Waals surface area (Å²) in [5.41, 5.74) is 0.651. The summed E-state index contributed by atoms with van der Waals surface area (Å²) < 4.78 is 5.62. The van der Waals surface area contributed by atoms with E-state index in [1.807, 2.05) is 12.1 Å². The van der Waals surface area contributed by atoms with Crippen LogP contribution in [0.3, 0.4) is 0 Å². The van der Waals surface area contributed by atoms with E-state index < -0.39 is 0 Å². The highest BCUT2D eigenvalue weighted by atomic mass is 79.9. The zero-order valence-electron chi connectivity index (χ0n) is 9.40. The van der Waals surface area contributed by atoms with Crippen molar-refractivity contribution >= 4 is 33.3 Å². The molecule has 0 aliphatic heterocycles. The van der Waals surface area contributed by atoms with Gasteiger partial charge in [-0.25, -0.2) is 0 Å². The SMILES string of the molecule is O=C(CBr)c1ccc(Oc2ccccc2Cl)cc1. The lowest BCUT2D eigenvalue weighted by Gasteiger charge is -2.07. The largest absolute Gasteiger partial charge is 0.456 e. The first-order valence-electron chi connectivity index (χ1n) is 5.32. The van der Waals surface area contributed by atoms with Gasteiger partial charge in [-0.05, 0) is 36.4 Å². The van der Waals surface area contributed by atoms with Gasteiger partial charge in [0.15, 0.2) is 5.78 Å². The maximum atomic E-state index is 11.4. The number of benzene rings is 2. The molecule has 18 heavy (non-hydrogen) atoms. The van der Waals surface area contributed by atoms with Crippen molar-refractivity contribution in [3.8, 4) is 11.5 Å². The van der Waals surface area contributed by atoms with Crippen molar-refractivity contribution in [2.24, 2.45) is 0 Å². The first-order chi connectivity index (χ1) is 8.70. The van der Waals surface area contributed by atoms with Gasteiger partial charge in [0.1, 0.15) is 11.5 Å². The molecule has 0 bridgehead atoms. The Balaban J connectivity index is 2.16. The van der Waals surface area contributed by atoms with Crippen LogP contribution < -0.4 is 4.74 Å². The minimum atomic E-state index is 0.0410. The summed E-state index contributed by atoms with van der Waals surface area (Å²) in [6.45, 7) is 0. The molecule has 0 aliphatic rings. The highest BCUT2D eigenvalue weighted by molar-refractivity contribution is 9.09. The molecule has 0 aromatic heterocycles. The maximum absolute atomic E-state index is 11.4. The van der Waals surface area contributed by atoms with E-state index in [1.54, 1.807) is 36.4 Å². The second-order valence-electron chi connectivity index (χ2n) is 3.61. The molecule has 2 aromatic rings. The molecule has 2 rings (SSSR count). The Morgan fingerprint density at radius 3 is 2.39 bits per heavy atom. The van der Waals surface area contributed by atoms with Gasteiger partial charge in [0.05, 0.1) is 10.4 Å². The van der Waals surface area contributed by atoms with Gasteiger partial charge in [0, 0.05) is 5.56 Å². The molecule has 0 amide bonds.